The van der Waals surface area contributed by atoms with Gasteiger partial charge in [0.25, 0.3) is 0 Å². The molecule has 0 bridgehead atoms. The topological polar surface area (TPSA) is 40.5 Å². The number of carboxylic acids is 1. The summed E-state index contributed by atoms with van der Waals surface area (Å²) >= 11 is 1.79. The summed E-state index contributed by atoms with van der Waals surface area (Å²) in [6.45, 7) is 5.06. The monoisotopic (exact) mass is 379 g/mol. The van der Waals surface area contributed by atoms with Gasteiger partial charge in [0, 0.05) is 9.58 Å². The second kappa shape index (κ2) is 7.45. The van der Waals surface area contributed by atoms with E-state index in [0.717, 1.165) is 25.8 Å². The molecule has 1 aromatic heterocycles. The molecule has 2 aromatic carbocycles. The van der Waals surface area contributed by atoms with E-state index < -0.39 is 12.0 Å². The van der Waals surface area contributed by atoms with Crippen LogP contribution in [0, 0.1) is 13.8 Å². The normalized spacial score (nSPS) is 19.3. The SMILES string of the molecule is Cc1ccc(C)c(C(c2cc3ccccc3s2)N2CCCCC2C(=O)O)c1. The van der Waals surface area contributed by atoms with Crippen molar-refractivity contribution in [2.45, 2.75) is 45.2 Å². The van der Waals surface area contributed by atoms with Crippen LogP contribution in [0.15, 0.2) is 48.5 Å². The molecule has 0 amide bonds. The van der Waals surface area contributed by atoms with Crippen LogP contribution < -0.4 is 0 Å². The highest BCUT2D eigenvalue weighted by Gasteiger charge is 2.36. The number of carboxylic acid groups (broad SMARTS) is 1. The minimum atomic E-state index is -0.703. The average molecular weight is 380 g/mol. The third-order valence-electron chi connectivity index (χ3n) is 5.60. The Labute approximate surface area is 164 Å². The van der Waals surface area contributed by atoms with Crippen molar-refractivity contribution < 1.29 is 9.90 Å². The zero-order valence-corrected chi connectivity index (χ0v) is 16.6. The molecule has 3 aromatic rings. The first-order valence-electron chi connectivity index (χ1n) is 9.59. The lowest BCUT2D eigenvalue weighted by Crippen LogP contribution is -2.46. The Kier molecular flexibility index (Phi) is 5.02. The summed E-state index contributed by atoms with van der Waals surface area (Å²) in [5.74, 6) is -0.703. The summed E-state index contributed by atoms with van der Waals surface area (Å²) in [4.78, 5) is 15.5. The van der Waals surface area contributed by atoms with Gasteiger partial charge >= 0.3 is 5.97 Å². The number of hydrogen-bond donors (Lipinski definition) is 1. The van der Waals surface area contributed by atoms with Crippen LogP contribution in [0.2, 0.25) is 0 Å². The van der Waals surface area contributed by atoms with E-state index in [1.54, 1.807) is 11.3 Å². The summed E-state index contributed by atoms with van der Waals surface area (Å²) in [5, 5.41) is 11.1. The van der Waals surface area contributed by atoms with E-state index in [2.05, 4.69) is 67.3 Å². The molecule has 0 spiro atoms. The molecule has 4 rings (SSSR count). The van der Waals surface area contributed by atoms with Gasteiger partial charge in [0.15, 0.2) is 0 Å². The Morgan fingerprint density at radius 2 is 1.96 bits per heavy atom. The van der Waals surface area contributed by atoms with Crippen LogP contribution in [-0.4, -0.2) is 28.6 Å². The highest BCUT2D eigenvalue weighted by Crippen LogP contribution is 2.41. The minimum Gasteiger partial charge on any atom is -0.480 e. The summed E-state index contributed by atoms with van der Waals surface area (Å²) in [6, 6.07) is 16.8. The van der Waals surface area contributed by atoms with Crippen molar-refractivity contribution in [1.29, 1.82) is 0 Å². The minimum absolute atomic E-state index is 0.0105. The van der Waals surface area contributed by atoms with Crippen molar-refractivity contribution in [2.75, 3.05) is 6.54 Å². The number of fused-ring (bicyclic) bond motifs is 1. The van der Waals surface area contributed by atoms with E-state index >= 15 is 0 Å². The molecule has 27 heavy (non-hydrogen) atoms. The number of rotatable bonds is 4. The van der Waals surface area contributed by atoms with Crippen LogP contribution >= 0.6 is 11.3 Å². The van der Waals surface area contributed by atoms with Gasteiger partial charge in [0.2, 0.25) is 0 Å². The number of carbonyl (C=O) groups is 1. The number of piperidine rings is 1. The molecule has 2 heterocycles. The molecule has 4 heteroatoms. The largest absolute Gasteiger partial charge is 0.480 e. The van der Waals surface area contributed by atoms with Crippen molar-refractivity contribution >= 4 is 27.4 Å². The summed E-state index contributed by atoms with van der Waals surface area (Å²) < 4.78 is 1.26. The molecule has 2 unspecified atom stereocenters. The molecule has 1 aliphatic heterocycles. The van der Waals surface area contributed by atoms with Crippen LogP contribution in [0.5, 0.6) is 0 Å². The first kappa shape index (κ1) is 18.2. The zero-order valence-electron chi connectivity index (χ0n) is 15.8. The number of aliphatic carboxylic acids is 1. The fourth-order valence-corrected chi connectivity index (χ4v) is 5.42. The Morgan fingerprint density at radius 1 is 1.15 bits per heavy atom. The van der Waals surface area contributed by atoms with E-state index in [1.165, 1.54) is 31.7 Å². The Hall–Kier alpha value is -2.17. The third kappa shape index (κ3) is 3.52. The smallest absolute Gasteiger partial charge is 0.320 e. The molecule has 1 aliphatic rings. The molecule has 1 fully saturated rings. The average Bonchev–Trinajstić information content (AvgIpc) is 3.08. The lowest BCUT2D eigenvalue weighted by Gasteiger charge is -2.39. The molecule has 0 saturated carbocycles. The van der Waals surface area contributed by atoms with Crippen LogP contribution in [0.3, 0.4) is 0 Å². The molecule has 140 valence electrons. The number of likely N-dealkylation sites (tertiary alicyclic amines) is 1. The lowest BCUT2D eigenvalue weighted by molar-refractivity contribution is -0.145. The first-order chi connectivity index (χ1) is 13.0. The predicted octanol–water partition coefficient (Wildman–Crippen LogP) is 5.55. The highest BCUT2D eigenvalue weighted by atomic mass is 32.1. The van der Waals surface area contributed by atoms with E-state index in [-0.39, 0.29) is 6.04 Å². The van der Waals surface area contributed by atoms with Gasteiger partial charge in [-0.15, -0.1) is 11.3 Å². The molecule has 1 N–H and O–H groups in total. The van der Waals surface area contributed by atoms with Crippen LogP contribution in [-0.2, 0) is 4.79 Å². The number of nitrogens with zero attached hydrogens (tertiary/aromatic N) is 1. The van der Waals surface area contributed by atoms with Crippen molar-refractivity contribution in [3.63, 3.8) is 0 Å². The van der Waals surface area contributed by atoms with Gasteiger partial charge in [-0.05, 0) is 61.9 Å². The number of hydrogen-bond acceptors (Lipinski definition) is 3. The zero-order chi connectivity index (χ0) is 19.0. The maximum atomic E-state index is 12.0. The molecule has 3 nitrogen and oxygen atoms in total. The summed E-state index contributed by atoms with van der Waals surface area (Å²) in [7, 11) is 0. The Morgan fingerprint density at radius 3 is 2.74 bits per heavy atom. The van der Waals surface area contributed by atoms with Crippen LogP contribution in [0.4, 0.5) is 0 Å². The molecule has 0 radical (unpaired) electrons. The maximum absolute atomic E-state index is 12.0. The summed E-state index contributed by atoms with van der Waals surface area (Å²) in [5.41, 5.74) is 3.66. The molecule has 1 saturated heterocycles. The van der Waals surface area contributed by atoms with Crippen LogP contribution in [0.25, 0.3) is 10.1 Å². The quantitative estimate of drug-likeness (QED) is 0.646. The van der Waals surface area contributed by atoms with E-state index in [4.69, 9.17) is 0 Å². The van der Waals surface area contributed by atoms with E-state index in [1.807, 2.05) is 0 Å². The third-order valence-corrected chi connectivity index (χ3v) is 6.77. The summed E-state index contributed by atoms with van der Waals surface area (Å²) in [6.07, 6.45) is 2.76. The Bertz CT molecular complexity index is 944. The van der Waals surface area contributed by atoms with Crippen molar-refractivity contribution in [3.05, 3.63) is 70.1 Å². The van der Waals surface area contributed by atoms with Gasteiger partial charge < -0.3 is 5.11 Å². The fourth-order valence-electron chi connectivity index (χ4n) is 4.22. The first-order valence-corrected chi connectivity index (χ1v) is 10.4. The van der Waals surface area contributed by atoms with Gasteiger partial charge in [-0.25, -0.2) is 0 Å². The fraction of sp³-hybridized carbons (Fsp3) is 0.348. The van der Waals surface area contributed by atoms with Gasteiger partial charge in [0.05, 0.1) is 6.04 Å². The standard InChI is InChI=1S/C23H25NO2S/c1-15-10-11-16(2)18(13-15)22(24-12-6-5-8-19(24)23(25)26)21-14-17-7-3-4-9-20(17)27-21/h3-4,7,9-11,13-14,19,22H,5-6,8,12H2,1-2H3,(H,25,26). The molecule has 2 atom stereocenters. The van der Waals surface area contributed by atoms with Crippen molar-refractivity contribution in [3.8, 4) is 0 Å². The number of aryl methyl sites for hydroxylation is 2. The van der Waals surface area contributed by atoms with E-state index in [0.29, 0.717) is 0 Å². The molecular weight excluding hydrogens is 354 g/mol. The maximum Gasteiger partial charge on any atom is 0.320 e. The van der Waals surface area contributed by atoms with Gasteiger partial charge in [-0.1, -0.05) is 48.4 Å². The number of benzene rings is 2. The van der Waals surface area contributed by atoms with Crippen LogP contribution in [0.1, 0.15) is 46.9 Å². The van der Waals surface area contributed by atoms with Gasteiger partial charge in [0.1, 0.15) is 6.04 Å². The molecular formula is C23H25NO2S. The van der Waals surface area contributed by atoms with Crippen molar-refractivity contribution in [1.82, 2.24) is 4.90 Å². The van der Waals surface area contributed by atoms with Crippen molar-refractivity contribution in [2.24, 2.45) is 0 Å². The second-order valence-electron chi connectivity index (χ2n) is 7.54. The van der Waals surface area contributed by atoms with Gasteiger partial charge in [-0.2, -0.15) is 0 Å². The number of thiophene rings is 1. The van der Waals surface area contributed by atoms with E-state index in [9.17, 15) is 9.90 Å². The Balaban J connectivity index is 1.88. The second-order valence-corrected chi connectivity index (χ2v) is 8.65. The lowest BCUT2D eigenvalue weighted by atomic mass is 9.92. The predicted molar refractivity (Wildman–Crippen MR) is 112 cm³/mol. The highest BCUT2D eigenvalue weighted by molar-refractivity contribution is 7.19. The molecule has 0 aliphatic carbocycles. The van der Waals surface area contributed by atoms with Gasteiger partial charge in [-0.3, -0.25) is 9.69 Å².